The number of carbonyl (C=O) groups is 1. The van der Waals surface area contributed by atoms with E-state index in [2.05, 4.69) is 0 Å². The van der Waals surface area contributed by atoms with Gasteiger partial charge in [0.1, 0.15) is 10.6 Å². The van der Waals surface area contributed by atoms with Crippen LogP contribution in [-0.4, -0.2) is 52.1 Å². The van der Waals surface area contributed by atoms with Gasteiger partial charge in [0.15, 0.2) is 5.75 Å². The van der Waals surface area contributed by atoms with E-state index in [0.29, 0.717) is 23.8 Å². The van der Waals surface area contributed by atoms with Crippen molar-refractivity contribution >= 4 is 45.3 Å². The van der Waals surface area contributed by atoms with Crippen LogP contribution in [0.25, 0.3) is 6.08 Å². The second-order valence-electron chi connectivity index (χ2n) is 6.26. The Kier molecular flexibility index (Phi) is 7.38. The molecule has 0 amide bonds. The first-order chi connectivity index (χ1) is 14.3. The minimum absolute atomic E-state index is 0.0142. The van der Waals surface area contributed by atoms with Crippen molar-refractivity contribution in [2.45, 2.75) is 4.90 Å². The van der Waals surface area contributed by atoms with Crippen molar-refractivity contribution in [3.05, 3.63) is 58.1 Å². The SMILES string of the molecule is COc1ccc(/C=C/C(=O)Oc2cc(Cl)ccc2Cl)cc1S(=O)(=O)N1CCOCC1. The molecule has 0 aliphatic carbocycles. The zero-order valence-electron chi connectivity index (χ0n) is 16.0. The van der Waals surface area contributed by atoms with Crippen molar-refractivity contribution in [2.75, 3.05) is 33.4 Å². The highest BCUT2D eigenvalue weighted by Gasteiger charge is 2.29. The van der Waals surface area contributed by atoms with E-state index in [-0.39, 0.29) is 34.5 Å². The molecule has 0 N–H and O–H groups in total. The number of rotatable bonds is 6. The maximum absolute atomic E-state index is 13.0. The quantitative estimate of drug-likeness (QED) is 0.363. The Balaban J connectivity index is 1.82. The number of hydrogen-bond donors (Lipinski definition) is 0. The van der Waals surface area contributed by atoms with E-state index in [4.69, 9.17) is 37.4 Å². The zero-order valence-corrected chi connectivity index (χ0v) is 18.3. The molecule has 1 fully saturated rings. The lowest BCUT2D eigenvalue weighted by molar-refractivity contribution is -0.128. The van der Waals surface area contributed by atoms with E-state index < -0.39 is 16.0 Å². The van der Waals surface area contributed by atoms with Crippen LogP contribution in [0.4, 0.5) is 0 Å². The highest BCUT2D eigenvalue weighted by molar-refractivity contribution is 7.89. The number of sulfonamides is 1. The second kappa shape index (κ2) is 9.80. The van der Waals surface area contributed by atoms with E-state index in [1.807, 2.05) is 0 Å². The average molecular weight is 472 g/mol. The lowest BCUT2D eigenvalue weighted by Gasteiger charge is -2.26. The molecule has 0 unspecified atom stereocenters. The zero-order chi connectivity index (χ0) is 21.7. The van der Waals surface area contributed by atoms with E-state index in [0.717, 1.165) is 0 Å². The molecule has 30 heavy (non-hydrogen) atoms. The van der Waals surface area contributed by atoms with Gasteiger partial charge in [0, 0.05) is 30.3 Å². The molecule has 0 radical (unpaired) electrons. The molecule has 1 heterocycles. The molecule has 0 bridgehead atoms. The molecular weight excluding hydrogens is 453 g/mol. The molecule has 1 aliphatic rings. The molecule has 0 spiro atoms. The highest BCUT2D eigenvalue weighted by atomic mass is 35.5. The van der Waals surface area contributed by atoms with E-state index in [1.165, 1.54) is 47.8 Å². The minimum atomic E-state index is -3.78. The molecule has 2 aromatic rings. The Bertz CT molecular complexity index is 1060. The lowest BCUT2D eigenvalue weighted by Crippen LogP contribution is -2.40. The van der Waals surface area contributed by atoms with Crippen molar-refractivity contribution in [3.8, 4) is 11.5 Å². The number of ether oxygens (including phenoxy) is 3. The summed E-state index contributed by atoms with van der Waals surface area (Å²) >= 11 is 11.9. The Morgan fingerprint density at radius 1 is 1.10 bits per heavy atom. The maximum atomic E-state index is 13.0. The first-order valence-electron chi connectivity index (χ1n) is 8.92. The monoisotopic (exact) mass is 471 g/mol. The molecule has 1 saturated heterocycles. The van der Waals surface area contributed by atoms with Crippen molar-refractivity contribution in [2.24, 2.45) is 0 Å². The smallest absolute Gasteiger partial charge is 0.336 e. The Morgan fingerprint density at radius 2 is 1.83 bits per heavy atom. The molecule has 0 aromatic heterocycles. The van der Waals surface area contributed by atoms with Crippen molar-refractivity contribution < 1.29 is 27.4 Å². The number of nitrogens with zero attached hydrogens (tertiary/aromatic N) is 1. The van der Waals surface area contributed by atoms with E-state index >= 15 is 0 Å². The molecule has 2 aromatic carbocycles. The number of halogens is 2. The molecule has 160 valence electrons. The van der Waals surface area contributed by atoms with Gasteiger partial charge in [-0.1, -0.05) is 29.3 Å². The van der Waals surface area contributed by atoms with Crippen LogP contribution in [0.15, 0.2) is 47.4 Å². The summed E-state index contributed by atoms with van der Waals surface area (Å²) in [5.74, 6) is -0.344. The normalized spacial score (nSPS) is 15.3. The Labute approximate surface area is 184 Å². The van der Waals surface area contributed by atoms with E-state index in [9.17, 15) is 13.2 Å². The fraction of sp³-hybridized carbons (Fsp3) is 0.250. The van der Waals surface area contributed by atoms with Crippen molar-refractivity contribution in [3.63, 3.8) is 0 Å². The van der Waals surface area contributed by atoms with Gasteiger partial charge in [-0.25, -0.2) is 13.2 Å². The minimum Gasteiger partial charge on any atom is -0.495 e. The lowest BCUT2D eigenvalue weighted by atomic mass is 10.2. The molecular formula is C20H19Cl2NO6S. The topological polar surface area (TPSA) is 82.1 Å². The fourth-order valence-corrected chi connectivity index (χ4v) is 4.70. The van der Waals surface area contributed by atoms with Gasteiger partial charge in [-0.05, 0) is 35.9 Å². The summed E-state index contributed by atoms with van der Waals surface area (Å²) in [6.45, 7) is 1.19. The number of benzene rings is 2. The van der Waals surface area contributed by atoms with Gasteiger partial charge >= 0.3 is 5.97 Å². The number of carbonyl (C=O) groups excluding carboxylic acids is 1. The second-order valence-corrected chi connectivity index (χ2v) is 9.01. The van der Waals surface area contributed by atoms with Crippen LogP contribution in [0.1, 0.15) is 5.56 Å². The number of esters is 1. The first kappa shape index (κ1) is 22.6. The first-order valence-corrected chi connectivity index (χ1v) is 11.1. The summed E-state index contributed by atoms with van der Waals surface area (Å²) in [5, 5.41) is 0.615. The summed E-state index contributed by atoms with van der Waals surface area (Å²) < 4.78 is 43.0. The maximum Gasteiger partial charge on any atom is 0.336 e. The van der Waals surface area contributed by atoms with Crippen LogP contribution in [0.3, 0.4) is 0 Å². The molecule has 7 nitrogen and oxygen atoms in total. The highest BCUT2D eigenvalue weighted by Crippen LogP contribution is 2.30. The van der Waals surface area contributed by atoms with Gasteiger partial charge in [0.25, 0.3) is 0 Å². The molecule has 3 rings (SSSR count). The Morgan fingerprint density at radius 3 is 2.53 bits per heavy atom. The molecule has 0 atom stereocenters. The summed E-state index contributed by atoms with van der Waals surface area (Å²) in [4.78, 5) is 12.1. The summed E-state index contributed by atoms with van der Waals surface area (Å²) in [6, 6.07) is 9.13. The summed E-state index contributed by atoms with van der Waals surface area (Å²) in [6.07, 6.45) is 2.61. The molecule has 10 heteroatoms. The van der Waals surface area contributed by atoms with Crippen LogP contribution >= 0.6 is 23.2 Å². The molecule has 0 saturated carbocycles. The van der Waals surface area contributed by atoms with Gasteiger partial charge < -0.3 is 14.2 Å². The predicted molar refractivity (Wildman–Crippen MR) is 114 cm³/mol. The average Bonchev–Trinajstić information content (AvgIpc) is 2.75. The van der Waals surface area contributed by atoms with Gasteiger partial charge in [0.2, 0.25) is 10.0 Å². The molecule has 1 aliphatic heterocycles. The number of methoxy groups -OCH3 is 1. The van der Waals surface area contributed by atoms with Crippen molar-refractivity contribution in [1.82, 2.24) is 4.31 Å². The summed E-state index contributed by atoms with van der Waals surface area (Å²) in [7, 11) is -2.38. The number of morpholine rings is 1. The summed E-state index contributed by atoms with van der Waals surface area (Å²) in [5.41, 5.74) is 0.483. The van der Waals surface area contributed by atoms with Crippen molar-refractivity contribution in [1.29, 1.82) is 0 Å². The standard InChI is InChI=1S/C20H19Cl2NO6S/c1-27-17-6-2-14(12-19(17)30(25,26)23-8-10-28-11-9-23)3-7-20(24)29-18-13-15(21)4-5-16(18)22/h2-7,12-13H,8-11H2,1H3/b7-3+. The van der Waals surface area contributed by atoms with E-state index in [1.54, 1.807) is 12.1 Å². The van der Waals surface area contributed by atoms with Gasteiger partial charge in [0.05, 0.1) is 25.3 Å². The van der Waals surface area contributed by atoms with Gasteiger partial charge in [-0.3, -0.25) is 0 Å². The third-order valence-corrected chi connectivity index (χ3v) is 6.76. The fourth-order valence-electron chi connectivity index (χ4n) is 2.79. The number of hydrogen-bond acceptors (Lipinski definition) is 6. The van der Waals surface area contributed by atoms with Gasteiger partial charge in [-0.15, -0.1) is 0 Å². The van der Waals surface area contributed by atoms with Crippen LogP contribution < -0.4 is 9.47 Å². The third-order valence-electron chi connectivity index (χ3n) is 4.29. The predicted octanol–water partition coefficient (Wildman–Crippen LogP) is 3.64. The van der Waals surface area contributed by atoms with Crippen LogP contribution in [0.5, 0.6) is 11.5 Å². The Hall–Kier alpha value is -2.10. The van der Waals surface area contributed by atoms with Crippen LogP contribution in [-0.2, 0) is 19.6 Å². The van der Waals surface area contributed by atoms with Crippen LogP contribution in [0.2, 0.25) is 10.0 Å². The third kappa shape index (κ3) is 5.33. The van der Waals surface area contributed by atoms with Gasteiger partial charge in [-0.2, -0.15) is 4.31 Å². The van der Waals surface area contributed by atoms with Crippen LogP contribution in [0, 0.1) is 0 Å². The largest absolute Gasteiger partial charge is 0.495 e.